The number of rotatable bonds is 2. The molecule has 70 valence electrons. The molecule has 12 heavy (non-hydrogen) atoms. The molecule has 2 rings (SSSR count). The highest BCUT2D eigenvalue weighted by atomic mass is 32.2. The van der Waals surface area contributed by atoms with Gasteiger partial charge in [0.1, 0.15) is 0 Å². The molecule has 0 radical (unpaired) electrons. The quantitative estimate of drug-likeness (QED) is 0.708. The monoisotopic (exact) mass is 185 g/mol. The minimum atomic E-state index is 0.710. The summed E-state index contributed by atoms with van der Waals surface area (Å²) >= 11 is 2.14. The third-order valence-corrected chi connectivity index (χ3v) is 5.24. The van der Waals surface area contributed by atoms with Crippen molar-refractivity contribution in [3.8, 4) is 0 Å². The molecule has 0 atom stereocenters. The first-order valence-electron chi connectivity index (χ1n) is 5.13. The fourth-order valence-electron chi connectivity index (χ4n) is 2.65. The summed E-state index contributed by atoms with van der Waals surface area (Å²) in [5.74, 6) is 1.02. The van der Waals surface area contributed by atoms with Gasteiger partial charge in [0.25, 0.3) is 0 Å². The summed E-state index contributed by atoms with van der Waals surface area (Å²) in [6.45, 7) is 2.51. The molecule has 0 unspecified atom stereocenters. The van der Waals surface area contributed by atoms with Crippen LogP contribution < -0.4 is 5.32 Å². The fourth-order valence-corrected chi connectivity index (χ4v) is 3.92. The van der Waals surface area contributed by atoms with Crippen molar-refractivity contribution in [2.75, 3.05) is 19.3 Å². The second-order valence-electron chi connectivity index (χ2n) is 4.15. The van der Waals surface area contributed by atoms with Crippen LogP contribution in [0.4, 0.5) is 0 Å². The maximum atomic E-state index is 3.45. The van der Waals surface area contributed by atoms with Gasteiger partial charge < -0.3 is 5.32 Å². The van der Waals surface area contributed by atoms with Crippen molar-refractivity contribution in [2.24, 2.45) is 5.92 Å². The van der Waals surface area contributed by atoms with Crippen LogP contribution in [0.25, 0.3) is 0 Å². The van der Waals surface area contributed by atoms with Gasteiger partial charge in [-0.1, -0.05) is 6.42 Å². The molecule has 0 aromatic rings. The van der Waals surface area contributed by atoms with E-state index < -0.39 is 0 Å². The standard InChI is InChI=1S/C10H19NS/c1-12-10(5-2-6-10)9-3-7-11-8-4-9/h9,11H,2-8H2,1H3. The zero-order valence-corrected chi connectivity index (χ0v) is 8.75. The smallest absolute Gasteiger partial charge is 0.0186 e. The molecule has 1 heterocycles. The van der Waals surface area contributed by atoms with Crippen molar-refractivity contribution < 1.29 is 0 Å². The Morgan fingerprint density at radius 3 is 2.33 bits per heavy atom. The Bertz CT molecular complexity index is 142. The average molecular weight is 185 g/mol. The van der Waals surface area contributed by atoms with Gasteiger partial charge in [0.05, 0.1) is 0 Å². The lowest BCUT2D eigenvalue weighted by atomic mass is 9.71. The molecule has 0 amide bonds. The molecule has 0 spiro atoms. The summed E-state index contributed by atoms with van der Waals surface area (Å²) in [5, 5.41) is 3.45. The summed E-state index contributed by atoms with van der Waals surface area (Å²) in [6.07, 6.45) is 9.59. The van der Waals surface area contributed by atoms with Crippen molar-refractivity contribution >= 4 is 11.8 Å². The van der Waals surface area contributed by atoms with Crippen LogP contribution >= 0.6 is 11.8 Å². The second-order valence-corrected chi connectivity index (χ2v) is 5.37. The molecular formula is C10H19NS. The molecule has 0 aromatic heterocycles. The van der Waals surface area contributed by atoms with Gasteiger partial charge >= 0.3 is 0 Å². The van der Waals surface area contributed by atoms with E-state index in [1.165, 1.54) is 45.2 Å². The maximum Gasteiger partial charge on any atom is 0.0186 e. The van der Waals surface area contributed by atoms with Gasteiger partial charge in [0, 0.05) is 4.75 Å². The first-order chi connectivity index (χ1) is 5.87. The van der Waals surface area contributed by atoms with Crippen LogP contribution in [0, 0.1) is 5.92 Å². The highest BCUT2D eigenvalue weighted by molar-refractivity contribution is 8.00. The molecule has 1 nitrogen and oxygen atoms in total. The number of nitrogens with one attached hydrogen (secondary N) is 1. The Hall–Kier alpha value is 0.310. The average Bonchev–Trinajstić information content (AvgIpc) is 2.05. The van der Waals surface area contributed by atoms with Gasteiger partial charge in [-0.2, -0.15) is 11.8 Å². The normalized spacial score (nSPS) is 29.8. The van der Waals surface area contributed by atoms with Crippen LogP contribution in [0.3, 0.4) is 0 Å². The lowest BCUT2D eigenvalue weighted by molar-refractivity contribution is 0.205. The predicted octanol–water partition coefficient (Wildman–Crippen LogP) is 2.27. The summed E-state index contributed by atoms with van der Waals surface area (Å²) in [7, 11) is 0. The molecule has 1 aliphatic carbocycles. The zero-order valence-electron chi connectivity index (χ0n) is 7.94. The van der Waals surface area contributed by atoms with Crippen LogP contribution in [0.15, 0.2) is 0 Å². The van der Waals surface area contributed by atoms with Crippen molar-refractivity contribution in [2.45, 2.75) is 36.9 Å². The van der Waals surface area contributed by atoms with E-state index in [9.17, 15) is 0 Å². The lowest BCUT2D eigenvalue weighted by Gasteiger charge is -2.48. The molecule has 1 aliphatic heterocycles. The summed E-state index contributed by atoms with van der Waals surface area (Å²) in [5.41, 5.74) is 0. The van der Waals surface area contributed by atoms with E-state index in [-0.39, 0.29) is 0 Å². The van der Waals surface area contributed by atoms with Crippen molar-refractivity contribution in [3.05, 3.63) is 0 Å². The molecule has 2 aliphatic rings. The van der Waals surface area contributed by atoms with E-state index in [4.69, 9.17) is 0 Å². The summed E-state index contributed by atoms with van der Waals surface area (Å²) in [6, 6.07) is 0. The van der Waals surface area contributed by atoms with E-state index >= 15 is 0 Å². The summed E-state index contributed by atoms with van der Waals surface area (Å²) in [4.78, 5) is 0. The fraction of sp³-hybridized carbons (Fsp3) is 1.00. The minimum absolute atomic E-state index is 0.710. The Morgan fingerprint density at radius 2 is 1.92 bits per heavy atom. The highest BCUT2D eigenvalue weighted by Crippen LogP contribution is 2.50. The Morgan fingerprint density at radius 1 is 1.25 bits per heavy atom. The van der Waals surface area contributed by atoms with Crippen molar-refractivity contribution in [3.63, 3.8) is 0 Å². The SMILES string of the molecule is CSC1(C2CCNCC2)CCC1. The van der Waals surface area contributed by atoms with Crippen LogP contribution in [-0.4, -0.2) is 24.1 Å². The highest BCUT2D eigenvalue weighted by Gasteiger charge is 2.43. The molecule has 0 aromatic carbocycles. The van der Waals surface area contributed by atoms with Crippen LogP contribution in [-0.2, 0) is 0 Å². The second kappa shape index (κ2) is 3.59. The maximum absolute atomic E-state index is 3.45. The lowest BCUT2D eigenvalue weighted by Crippen LogP contribution is -2.45. The zero-order chi connectivity index (χ0) is 8.44. The Labute approximate surface area is 79.7 Å². The summed E-state index contributed by atoms with van der Waals surface area (Å²) < 4.78 is 0.710. The predicted molar refractivity (Wildman–Crippen MR) is 55.7 cm³/mol. The topological polar surface area (TPSA) is 12.0 Å². The first kappa shape index (κ1) is 8.89. The van der Waals surface area contributed by atoms with Gasteiger partial charge in [-0.3, -0.25) is 0 Å². The number of thioether (sulfide) groups is 1. The van der Waals surface area contributed by atoms with E-state index in [0.717, 1.165) is 5.92 Å². The molecule has 2 fully saturated rings. The van der Waals surface area contributed by atoms with Crippen LogP contribution in [0.2, 0.25) is 0 Å². The molecule has 1 N–H and O–H groups in total. The van der Waals surface area contributed by atoms with Gasteiger partial charge in [0.15, 0.2) is 0 Å². The van der Waals surface area contributed by atoms with Gasteiger partial charge in [-0.25, -0.2) is 0 Å². The number of hydrogen-bond donors (Lipinski definition) is 1. The third-order valence-electron chi connectivity index (χ3n) is 3.69. The third kappa shape index (κ3) is 1.39. The Balaban J connectivity index is 1.95. The van der Waals surface area contributed by atoms with Gasteiger partial charge in [0.2, 0.25) is 0 Å². The minimum Gasteiger partial charge on any atom is -0.317 e. The molecule has 2 heteroatoms. The van der Waals surface area contributed by atoms with E-state index in [1.54, 1.807) is 0 Å². The number of piperidine rings is 1. The van der Waals surface area contributed by atoms with Crippen LogP contribution in [0.1, 0.15) is 32.1 Å². The molecular weight excluding hydrogens is 166 g/mol. The largest absolute Gasteiger partial charge is 0.317 e. The Kier molecular flexibility index (Phi) is 2.66. The molecule has 1 saturated heterocycles. The first-order valence-corrected chi connectivity index (χ1v) is 6.36. The van der Waals surface area contributed by atoms with E-state index in [1.807, 2.05) is 0 Å². The van der Waals surface area contributed by atoms with Crippen molar-refractivity contribution in [1.29, 1.82) is 0 Å². The molecule has 1 saturated carbocycles. The van der Waals surface area contributed by atoms with E-state index in [0.29, 0.717) is 4.75 Å². The van der Waals surface area contributed by atoms with Crippen LogP contribution in [0.5, 0.6) is 0 Å². The van der Waals surface area contributed by atoms with Gasteiger partial charge in [-0.15, -0.1) is 0 Å². The van der Waals surface area contributed by atoms with Crippen molar-refractivity contribution in [1.82, 2.24) is 5.32 Å². The van der Waals surface area contributed by atoms with E-state index in [2.05, 4.69) is 23.3 Å². The molecule has 0 bridgehead atoms. The van der Waals surface area contributed by atoms with Gasteiger partial charge in [-0.05, 0) is 50.9 Å². The number of hydrogen-bond acceptors (Lipinski definition) is 2.